The highest BCUT2D eigenvalue weighted by Gasteiger charge is 2.36. The molecular formula is C11H14N6O3. The average Bonchev–Trinajstić information content (AvgIpc) is 2.98. The average molecular weight is 278 g/mol. The fraction of sp³-hybridized carbons (Fsp3) is 0.455. The van der Waals surface area contributed by atoms with Gasteiger partial charge in [0.15, 0.2) is 11.4 Å². The van der Waals surface area contributed by atoms with Gasteiger partial charge in [0, 0.05) is 20.1 Å². The number of aromatic nitrogens is 5. The quantitative estimate of drug-likeness (QED) is 0.754. The predicted octanol–water partition coefficient (Wildman–Crippen LogP) is -0.920. The highest BCUT2D eigenvalue weighted by Crippen LogP contribution is 2.27. The molecule has 1 aliphatic heterocycles. The van der Waals surface area contributed by atoms with Crippen molar-refractivity contribution < 1.29 is 9.53 Å². The molecule has 0 saturated carbocycles. The summed E-state index contributed by atoms with van der Waals surface area (Å²) < 4.78 is 6.52. The summed E-state index contributed by atoms with van der Waals surface area (Å²) in [5.74, 6) is 0.981. The molecule has 1 saturated heterocycles. The molecule has 1 amide bonds. The van der Waals surface area contributed by atoms with Gasteiger partial charge in [-0.2, -0.15) is 10.2 Å². The van der Waals surface area contributed by atoms with Crippen molar-refractivity contribution in [3.8, 4) is 5.75 Å². The summed E-state index contributed by atoms with van der Waals surface area (Å²) in [7, 11) is 3.14. The first-order valence-corrected chi connectivity index (χ1v) is 6.09. The number of H-pyrrole nitrogens is 2. The van der Waals surface area contributed by atoms with Gasteiger partial charge in [-0.1, -0.05) is 0 Å². The van der Waals surface area contributed by atoms with Crippen molar-refractivity contribution in [1.82, 2.24) is 29.9 Å². The van der Waals surface area contributed by atoms with Crippen LogP contribution in [0.3, 0.4) is 0 Å². The van der Waals surface area contributed by atoms with Crippen molar-refractivity contribution in [3.63, 3.8) is 0 Å². The van der Waals surface area contributed by atoms with Crippen LogP contribution in [0.4, 0.5) is 0 Å². The lowest BCUT2D eigenvalue weighted by atomic mass is 9.98. The van der Waals surface area contributed by atoms with Crippen LogP contribution in [0.5, 0.6) is 5.75 Å². The van der Waals surface area contributed by atoms with Crippen molar-refractivity contribution in [1.29, 1.82) is 0 Å². The number of nitrogens with zero attached hydrogens (tertiary/aromatic N) is 4. The number of ether oxygens (including phenoxy) is 1. The lowest BCUT2D eigenvalue weighted by molar-refractivity contribution is 0.0582. The van der Waals surface area contributed by atoms with Crippen molar-refractivity contribution >= 4 is 5.91 Å². The molecule has 2 aromatic heterocycles. The number of likely N-dealkylation sites (tertiary alicyclic amines) is 1. The predicted molar refractivity (Wildman–Crippen MR) is 67.6 cm³/mol. The molecule has 0 spiro atoms. The van der Waals surface area contributed by atoms with Crippen LogP contribution in [0.1, 0.15) is 22.2 Å². The van der Waals surface area contributed by atoms with Gasteiger partial charge in [-0.15, -0.1) is 0 Å². The minimum Gasteiger partial charge on any atom is -0.493 e. The van der Waals surface area contributed by atoms with Crippen LogP contribution in [0, 0.1) is 0 Å². The molecule has 1 aliphatic rings. The molecule has 2 aromatic rings. The Labute approximate surface area is 113 Å². The van der Waals surface area contributed by atoms with Gasteiger partial charge in [-0.05, 0) is 0 Å². The van der Waals surface area contributed by atoms with Crippen LogP contribution >= 0.6 is 0 Å². The second-order valence-electron chi connectivity index (χ2n) is 4.67. The highest BCUT2D eigenvalue weighted by atomic mass is 16.5. The number of carbonyl (C=O) groups excluding carboxylic acids is 1. The number of nitrogens with one attached hydrogen (secondary N) is 2. The summed E-state index contributed by atoms with van der Waals surface area (Å²) in [5.41, 5.74) is 0.0851. The van der Waals surface area contributed by atoms with Gasteiger partial charge in [0.1, 0.15) is 5.82 Å². The van der Waals surface area contributed by atoms with Crippen LogP contribution in [-0.4, -0.2) is 56.0 Å². The zero-order chi connectivity index (χ0) is 14.3. The zero-order valence-corrected chi connectivity index (χ0v) is 11.1. The van der Waals surface area contributed by atoms with E-state index in [1.807, 2.05) is 0 Å². The zero-order valence-electron chi connectivity index (χ0n) is 11.1. The van der Waals surface area contributed by atoms with E-state index in [0.717, 1.165) is 0 Å². The molecule has 3 rings (SSSR count). The van der Waals surface area contributed by atoms with E-state index >= 15 is 0 Å². The summed E-state index contributed by atoms with van der Waals surface area (Å²) in [4.78, 5) is 25.2. The van der Waals surface area contributed by atoms with Crippen LogP contribution in [0.25, 0.3) is 0 Å². The molecule has 1 fully saturated rings. The third kappa shape index (κ3) is 1.78. The van der Waals surface area contributed by atoms with Crippen molar-refractivity contribution in [3.05, 3.63) is 28.2 Å². The maximum Gasteiger partial charge on any atom is 0.343 e. The number of hydrogen-bond donors (Lipinski definition) is 2. The van der Waals surface area contributed by atoms with E-state index in [4.69, 9.17) is 4.74 Å². The summed E-state index contributed by atoms with van der Waals surface area (Å²) in [6.07, 6.45) is 1.46. The first-order valence-electron chi connectivity index (χ1n) is 6.09. The molecule has 0 radical (unpaired) electrons. The normalized spacial score (nSPS) is 15.2. The fourth-order valence-corrected chi connectivity index (χ4v) is 2.27. The van der Waals surface area contributed by atoms with Crippen LogP contribution in [0.15, 0.2) is 11.0 Å². The molecule has 106 valence electrons. The minimum atomic E-state index is -0.250. The molecule has 9 heteroatoms. The third-order valence-electron chi connectivity index (χ3n) is 3.49. The number of carbonyl (C=O) groups is 1. The lowest BCUT2D eigenvalue weighted by Crippen LogP contribution is -2.49. The molecule has 9 nitrogen and oxygen atoms in total. The molecule has 3 heterocycles. The van der Waals surface area contributed by atoms with Crippen molar-refractivity contribution in [2.45, 2.75) is 5.92 Å². The van der Waals surface area contributed by atoms with E-state index in [2.05, 4.69) is 20.4 Å². The van der Waals surface area contributed by atoms with E-state index < -0.39 is 0 Å². The number of aromatic amines is 2. The summed E-state index contributed by atoms with van der Waals surface area (Å²) in [5, 5.41) is 12.8. The summed E-state index contributed by atoms with van der Waals surface area (Å²) >= 11 is 0. The molecular weight excluding hydrogens is 264 g/mol. The molecule has 2 N–H and O–H groups in total. The smallest absolute Gasteiger partial charge is 0.343 e. The van der Waals surface area contributed by atoms with Gasteiger partial charge >= 0.3 is 5.69 Å². The van der Waals surface area contributed by atoms with Gasteiger partial charge < -0.3 is 9.64 Å². The van der Waals surface area contributed by atoms with E-state index in [0.29, 0.717) is 30.4 Å². The van der Waals surface area contributed by atoms with Crippen LogP contribution in [0.2, 0.25) is 0 Å². The van der Waals surface area contributed by atoms with Crippen LogP contribution < -0.4 is 10.4 Å². The Hall–Kier alpha value is -2.58. The largest absolute Gasteiger partial charge is 0.493 e. The number of amides is 1. The highest BCUT2D eigenvalue weighted by molar-refractivity contribution is 5.95. The maximum atomic E-state index is 12.2. The standard InChI is InChI=1S/C11H14N6O3/c1-16-9(14-15-11(16)19)6-4-17(5-6)10(18)8-7(20-2)3-12-13-8/h3,6H,4-5H2,1-2H3,(H,12,13)(H,15,19). The van der Waals surface area contributed by atoms with E-state index in [1.165, 1.54) is 17.9 Å². The minimum absolute atomic E-state index is 0.0665. The van der Waals surface area contributed by atoms with Gasteiger partial charge in [0.05, 0.1) is 19.2 Å². The Balaban J connectivity index is 1.70. The number of rotatable bonds is 3. The van der Waals surface area contributed by atoms with Crippen LogP contribution in [-0.2, 0) is 7.05 Å². The van der Waals surface area contributed by atoms with Crippen molar-refractivity contribution in [2.24, 2.45) is 7.05 Å². The lowest BCUT2D eigenvalue weighted by Gasteiger charge is -2.38. The first kappa shape index (κ1) is 12.5. The topological polar surface area (TPSA) is 109 Å². The van der Waals surface area contributed by atoms with E-state index in [1.54, 1.807) is 11.9 Å². The second-order valence-corrected chi connectivity index (χ2v) is 4.67. The van der Waals surface area contributed by atoms with E-state index in [-0.39, 0.29) is 17.5 Å². The Morgan fingerprint density at radius 2 is 2.20 bits per heavy atom. The van der Waals surface area contributed by atoms with Gasteiger partial charge in [-0.3, -0.25) is 14.5 Å². The monoisotopic (exact) mass is 278 g/mol. The van der Waals surface area contributed by atoms with Gasteiger partial charge in [-0.25, -0.2) is 9.89 Å². The molecule has 0 aromatic carbocycles. The van der Waals surface area contributed by atoms with Gasteiger partial charge in [0.2, 0.25) is 0 Å². The Kier molecular flexibility index (Phi) is 2.81. The Bertz CT molecular complexity index is 693. The molecule has 0 aliphatic carbocycles. The molecule has 0 atom stereocenters. The number of methoxy groups -OCH3 is 1. The summed E-state index contributed by atoms with van der Waals surface area (Å²) in [6.45, 7) is 1.03. The fourth-order valence-electron chi connectivity index (χ4n) is 2.27. The SMILES string of the molecule is COc1cn[nH]c1C(=O)N1CC(c2n[nH]c(=O)n2C)C1. The molecule has 20 heavy (non-hydrogen) atoms. The maximum absolute atomic E-state index is 12.2. The van der Waals surface area contributed by atoms with Gasteiger partial charge in [0.25, 0.3) is 5.91 Å². The van der Waals surface area contributed by atoms with E-state index in [9.17, 15) is 9.59 Å². The summed E-state index contributed by atoms with van der Waals surface area (Å²) in [6, 6.07) is 0. The van der Waals surface area contributed by atoms with Crippen molar-refractivity contribution in [2.75, 3.05) is 20.2 Å². The second kappa shape index (κ2) is 4.51. The first-order chi connectivity index (χ1) is 9.61. The molecule has 0 bridgehead atoms. The number of hydrogen-bond acceptors (Lipinski definition) is 5. The Morgan fingerprint density at radius 1 is 1.45 bits per heavy atom. The molecule has 0 unspecified atom stereocenters. The Morgan fingerprint density at radius 3 is 2.80 bits per heavy atom. The third-order valence-corrected chi connectivity index (χ3v) is 3.49.